The number of likely N-dealkylation sites (N-methyl/N-ethyl adjacent to an activating group) is 1. The van der Waals surface area contributed by atoms with Crippen LogP contribution in [0, 0.1) is 28.6 Å². The molecule has 0 fully saturated rings. The van der Waals surface area contributed by atoms with Crippen LogP contribution in [0.5, 0.6) is 5.75 Å². The first kappa shape index (κ1) is 17.0. The number of nitrogens with zero attached hydrogens (tertiary/aromatic N) is 3. The molecule has 0 spiro atoms. The van der Waals surface area contributed by atoms with E-state index in [2.05, 4.69) is 6.07 Å². The second kappa shape index (κ2) is 8.97. The van der Waals surface area contributed by atoms with Crippen molar-refractivity contribution in [1.29, 1.82) is 10.5 Å². The Bertz CT molecular complexity index is 519. The van der Waals surface area contributed by atoms with E-state index in [1.54, 1.807) is 24.3 Å². The Morgan fingerprint density at radius 2 is 2.10 bits per heavy atom. The van der Waals surface area contributed by atoms with E-state index in [-0.39, 0.29) is 12.5 Å². The van der Waals surface area contributed by atoms with Crippen molar-refractivity contribution in [2.24, 2.45) is 5.92 Å². The molecule has 0 aliphatic rings. The fraction of sp³-hybridized carbons (Fsp3) is 0.500. The highest BCUT2D eigenvalue weighted by Gasteiger charge is 2.13. The lowest BCUT2D eigenvalue weighted by atomic mass is 10.2. The zero-order valence-electron chi connectivity index (χ0n) is 12.5. The number of aliphatic hydroxyl groups excluding tert-OH is 1. The first-order valence-electron chi connectivity index (χ1n) is 7.02. The standard InChI is InChI=1S/C16H21N3O2/c1-3-19(10-13(2)8-17)11-15(20)12-21-16-6-4-5-14(7-16)9-18/h4-7,13,15,20H,3,10-12H2,1-2H3. The van der Waals surface area contributed by atoms with E-state index in [4.69, 9.17) is 15.3 Å². The summed E-state index contributed by atoms with van der Waals surface area (Å²) in [6.45, 7) is 5.88. The fourth-order valence-electron chi connectivity index (χ4n) is 1.96. The summed E-state index contributed by atoms with van der Waals surface area (Å²) in [5, 5.41) is 27.6. The van der Waals surface area contributed by atoms with Gasteiger partial charge >= 0.3 is 0 Å². The van der Waals surface area contributed by atoms with Crippen LogP contribution in [0.3, 0.4) is 0 Å². The summed E-state index contributed by atoms with van der Waals surface area (Å²) in [5.41, 5.74) is 0.528. The molecular formula is C16H21N3O2. The normalized spacial score (nSPS) is 13.2. The third-order valence-electron chi connectivity index (χ3n) is 3.07. The molecule has 1 N–H and O–H groups in total. The van der Waals surface area contributed by atoms with E-state index in [0.717, 1.165) is 6.54 Å². The van der Waals surface area contributed by atoms with Gasteiger partial charge in [-0.25, -0.2) is 0 Å². The molecule has 5 nitrogen and oxygen atoms in total. The number of hydrogen-bond acceptors (Lipinski definition) is 5. The summed E-state index contributed by atoms with van der Waals surface area (Å²) in [5.74, 6) is 0.506. The van der Waals surface area contributed by atoms with Crippen LogP contribution in [0.4, 0.5) is 0 Å². The maximum Gasteiger partial charge on any atom is 0.120 e. The van der Waals surface area contributed by atoms with Crippen LogP contribution in [0.15, 0.2) is 24.3 Å². The van der Waals surface area contributed by atoms with Crippen LogP contribution < -0.4 is 4.74 Å². The van der Waals surface area contributed by atoms with Crippen molar-refractivity contribution in [3.63, 3.8) is 0 Å². The molecule has 0 bridgehead atoms. The highest BCUT2D eigenvalue weighted by Crippen LogP contribution is 2.13. The number of rotatable bonds is 8. The van der Waals surface area contributed by atoms with Crippen LogP contribution in [0.2, 0.25) is 0 Å². The van der Waals surface area contributed by atoms with Crippen molar-refractivity contribution in [3.8, 4) is 17.9 Å². The van der Waals surface area contributed by atoms with Crippen molar-refractivity contribution in [1.82, 2.24) is 4.90 Å². The molecule has 112 valence electrons. The molecule has 0 aromatic heterocycles. The number of benzene rings is 1. The van der Waals surface area contributed by atoms with Crippen LogP contribution in [-0.4, -0.2) is 42.4 Å². The highest BCUT2D eigenvalue weighted by atomic mass is 16.5. The summed E-state index contributed by atoms with van der Waals surface area (Å²) in [7, 11) is 0. The molecule has 1 rings (SSSR count). The molecule has 0 heterocycles. The van der Waals surface area contributed by atoms with Crippen molar-refractivity contribution in [3.05, 3.63) is 29.8 Å². The molecule has 0 amide bonds. The Morgan fingerprint density at radius 3 is 2.71 bits per heavy atom. The van der Waals surface area contributed by atoms with Crippen molar-refractivity contribution in [2.45, 2.75) is 20.0 Å². The first-order chi connectivity index (χ1) is 10.1. The van der Waals surface area contributed by atoms with E-state index >= 15 is 0 Å². The summed E-state index contributed by atoms with van der Waals surface area (Å²) < 4.78 is 5.49. The lowest BCUT2D eigenvalue weighted by molar-refractivity contribution is 0.0675. The van der Waals surface area contributed by atoms with Gasteiger partial charge in [-0.3, -0.25) is 4.90 Å². The predicted molar refractivity (Wildman–Crippen MR) is 79.5 cm³/mol. The van der Waals surface area contributed by atoms with Crippen molar-refractivity contribution >= 4 is 0 Å². The van der Waals surface area contributed by atoms with Gasteiger partial charge in [-0.1, -0.05) is 13.0 Å². The third kappa shape index (κ3) is 6.27. The minimum Gasteiger partial charge on any atom is -0.491 e. The van der Waals surface area contributed by atoms with E-state index in [1.165, 1.54) is 0 Å². The van der Waals surface area contributed by atoms with Gasteiger partial charge in [0, 0.05) is 13.1 Å². The lowest BCUT2D eigenvalue weighted by Crippen LogP contribution is -2.37. The molecule has 0 aliphatic carbocycles. The molecule has 1 aromatic rings. The topological polar surface area (TPSA) is 80.3 Å². The molecule has 1 aromatic carbocycles. The first-order valence-corrected chi connectivity index (χ1v) is 7.02. The number of ether oxygens (including phenoxy) is 1. The van der Waals surface area contributed by atoms with Gasteiger partial charge in [0.25, 0.3) is 0 Å². The number of hydrogen-bond donors (Lipinski definition) is 1. The maximum atomic E-state index is 10.0. The Labute approximate surface area is 126 Å². The summed E-state index contributed by atoms with van der Waals surface area (Å²) in [4.78, 5) is 2.02. The van der Waals surface area contributed by atoms with Gasteiger partial charge in [-0.2, -0.15) is 10.5 Å². The lowest BCUT2D eigenvalue weighted by Gasteiger charge is -2.24. The predicted octanol–water partition coefficient (Wildman–Crippen LogP) is 1.78. The smallest absolute Gasteiger partial charge is 0.120 e. The molecule has 0 saturated heterocycles. The Hall–Kier alpha value is -2.08. The minimum atomic E-state index is -0.637. The van der Waals surface area contributed by atoms with Crippen LogP contribution in [0.1, 0.15) is 19.4 Å². The molecule has 2 unspecified atom stereocenters. The van der Waals surface area contributed by atoms with E-state index in [1.807, 2.05) is 24.8 Å². The van der Waals surface area contributed by atoms with Gasteiger partial charge in [0.2, 0.25) is 0 Å². The Morgan fingerprint density at radius 1 is 1.33 bits per heavy atom. The molecular weight excluding hydrogens is 266 g/mol. The third-order valence-corrected chi connectivity index (χ3v) is 3.07. The zero-order chi connectivity index (χ0) is 15.7. The summed E-state index contributed by atoms with van der Waals surface area (Å²) >= 11 is 0. The van der Waals surface area contributed by atoms with Gasteiger partial charge in [0.15, 0.2) is 0 Å². The van der Waals surface area contributed by atoms with Crippen LogP contribution in [0.25, 0.3) is 0 Å². The summed E-state index contributed by atoms with van der Waals surface area (Å²) in [6.07, 6.45) is -0.637. The molecule has 0 aliphatic heterocycles. The second-order valence-electron chi connectivity index (χ2n) is 4.99. The number of nitriles is 2. The molecule has 0 saturated carbocycles. The van der Waals surface area contributed by atoms with Crippen LogP contribution >= 0.6 is 0 Å². The molecule has 2 atom stereocenters. The Kier molecular flexibility index (Phi) is 7.25. The van der Waals surface area contributed by atoms with Gasteiger partial charge < -0.3 is 9.84 Å². The fourth-order valence-corrected chi connectivity index (χ4v) is 1.96. The average Bonchev–Trinajstić information content (AvgIpc) is 2.52. The van der Waals surface area contributed by atoms with E-state index < -0.39 is 6.10 Å². The van der Waals surface area contributed by atoms with Crippen LogP contribution in [-0.2, 0) is 0 Å². The van der Waals surface area contributed by atoms with Gasteiger partial charge in [-0.05, 0) is 31.7 Å². The van der Waals surface area contributed by atoms with E-state index in [0.29, 0.717) is 24.4 Å². The molecule has 0 radical (unpaired) electrons. The minimum absolute atomic E-state index is 0.0645. The van der Waals surface area contributed by atoms with Crippen molar-refractivity contribution < 1.29 is 9.84 Å². The zero-order valence-corrected chi connectivity index (χ0v) is 12.5. The van der Waals surface area contributed by atoms with E-state index in [9.17, 15) is 5.11 Å². The largest absolute Gasteiger partial charge is 0.491 e. The second-order valence-corrected chi connectivity index (χ2v) is 4.99. The monoisotopic (exact) mass is 287 g/mol. The highest BCUT2D eigenvalue weighted by molar-refractivity contribution is 5.36. The Balaban J connectivity index is 2.44. The quantitative estimate of drug-likeness (QED) is 0.788. The summed E-state index contributed by atoms with van der Waals surface area (Å²) in [6, 6.07) is 11.1. The van der Waals surface area contributed by atoms with Gasteiger partial charge in [0.05, 0.1) is 23.6 Å². The van der Waals surface area contributed by atoms with Crippen molar-refractivity contribution in [2.75, 3.05) is 26.2 Å². The molecule has 5 heteroatoms. The average molecular weight is 287 g/mol. The van der Waals surface area contributed by atoms with Gasteiger partial charge in [-0.15, -0.1) is 0 Å². The number of aliphatic hydroxyl groups is 1. The SMILES string of the molecule is CCN(CC(C)C#N)CC(O)COc1cccc(C#N)c1. The maximum absolute atomic E-state index is 10.0. The molecule has 21 heavy (non-hydrogen) atoms. The van der Waals surface area contributed by atoms with Gasteiger partial charge in [0.1, 0.15) is 18.5 Å².